The number of aryl methyl sites for hydroxylation is 1. The van der Waals surface area contributed by atoms with E-state index in [0.717, 1.165) is 28.3 Å². The van der Waals surface area contributed by atoms with Gasteiger partial charge in [-0.25, -0.2) is 9.97 Å². The van der Waals surface area contributed by atoms with Crippen molar-refractivity contribution in [2.45, 2.75) is 34.1 Å². The van der Waals surface area contributed by atoms with Crippen LogP contribution in [0.25, 0.3) is 21.9 Å². The first-order valence-electron chi connectivity index (χ1n) is 9.82. The van der Waals surface area contributed by atoms with Crippen molar-refractivity contribution in [1.82, 2.24) is 15.0 Å². The number of aromatic nitrogens is 3. The van der Waals surface area contributed by atoms with Crippen molar-refractivity contribution in [2.24, 2.45) is 11.7 Å². The van der Waals surface area contributed by atoms with Crippen LogP contribution in [0.2, 0.25) is 0 Å². The summed E-state index contributed by atoms with van der Waals surface area (Å²) in [4.78, 5) is 23.9. The zero-order valence-electron chi connectivity index (χ0n) is 18.0. The highest BCUT2D eigenvalue weighted by molar-refractivity contribution is 6.13. The Kier molecular flexibility index (Phi) is 5.96. The van der Waals surface area contributed by atoms with Crippen molar-refractivity contribution in [3.8, 4) is 5.75 Å². The van der Waals surface area contributed by atoms with Gasteiger partial charge in [0.1, 0.15) is 28.9 Å². The van der Waals surface area contributed by atoms with E-state index in [1.54, 1.807) is 7.11 Å². The molecule has 0 bridgehead atoms. The average Bonchev–Trinajstić information content (AvgIpc) is 3.02. The second-order valence-electron chi connectivity index (χ2n) is 7.36. The zero-order valence-corrected chi connectivity index (χ0v) is 18.0. The van der Waals surface area contributed by atoms with Gasteiger partial charge in [-0.05, 0) is 43.0 Å². The van der Waals surface area contributed by atoms with Crippen LogP contribution in [0.1, 0.15) is 33.0 Å². The van der Waals surface area contributed by atoms with Gasteiger partial charge in [0.25, 0.3) is 0 Å². The second kappa shape index (κ2) is 8.44. The van der Waals surface area contributed by atoms with Crippen LogP contribution >= 0.6 is 0 Å². The number of methoxy groups -OCH3 is 1. The number of aromatic amines is 1. The Hall–Kier alpha value is -3.55. The largest absolute Gasteiger partial charge is 0.495 e. The maximum absolute atomic E-state index is 11.5. The molecule has 0 spiro atoms. The van der Waals surface area contributed by atoms with Gasteiger partial charge in [0.2, 0.25) is 5.91 Å². The number of hydrogen-bond acceptors (Lipinski definition) is 6. The number of anilines is 2. The van der Waals surface area contributed by atoms with Crippen LogP contribution < -0.4 is 21.1 Å². The van der Waals surface area contributed by atoms with Gasteiger partial charge in [-0.1, -0.05) is 20.4 Å². The number of nitrogens with zero attached hydrogens (tertiary/aromatic N) is 2. The molecule has 5 N–H and O–H groups in total. The first kappa shape index (κ1) is 21.2. The fourth-order valence-corrected chi connectivity index (χ4v) is 3.26. The van der Waals surface area contributed by atoms with Crippen LogP contribution in [0.5, 0.6) is 5.75 Å². The number of amides is 1. The van der Waals surface area contributed by atoms with Gasteiger partial charge in [0.05, 0.1) is 23.7 Å². The van der Waals surface area contributed by atoms with E-state index in [4.69, 9.17) is 10.5 Å². The molecule has 0 aliphatic carbocycles. The predicted molar refractivity (Wildman–Crippen MR) is 121 cm³/mol. The molecular formula is C22H28N6O2. The molecule has 3 rings (SSSR count). The second-order valence-corrected chi connectivity index (χ2v) is 7.36. The van der Waals surface area contributed by atoms with E-state index in [-0.39, 0.29) is 5.91 Å². The zero-order chi connectivity index (χ0) is 22.0. The highest BCUT2D eigenvalue weighted by Gasteiger charge is 2.17. The number of carbonyl (C=O) groups is 1. The number of benzene rings is 1. The maximum Gasteiger partial charge on any atom is 0.221 e. The minimum Gasteiger partial charge on any atom is -0.495 e. The molecule has 1 aromatic carbocycles. The van der Waals surface area contributed by atoms with Crippen LogP contribution in [0, 0.1) is 12.8 Å². The lowest BCUT2D eigenvalue weighted by Crippen LogP contribution is -2.12. The van der Waals surface area contributed by atoms with E-state index < -0.39 is 0 Å². The molecular weight excluding hydrogens is 380 g/mol. The number of allylic oxidation sites excluding steroid dienone is 2. The third-order valence-electron chi connectivity index (χ3n) is 5.04. The summed E-state index contributed by atoms with van der Waals surface area (Å²) in [6.45, 7) is 11.6. The fourth-order valence-electron chi connectivity index (χ4n) is 3.26. The van der Waals surface area contributed by atoms with Crippen molar-refractivity contribution in [2.75, 3.05) is 17.7 Å². The number of fused-ring (bicyclic) bond motifs is 3. The highest BCUT2D eigenvalue weighted by Crippen LogP contribution is 2.36. The number of carbonyl (C=O) groups excluding carboxylic acids is 1. The summed E-state index contributed by atoms with van der Waals surface area (Å²) in [5.41, 5.74) is 9.22. The molecule has 0 aliphatic heterocycles. The van der Waals surface area contributed by atoms with Crippen LogP contribution in [-0.2, 0) is 4.79 Å². The first-order chi connectivity index (χ1) is 14.2. The number of nitrogens with one attached hydrogen (secondary N) is 3. The van der Waals surface area contributed by atoms with Crippen molar-refractivity contribution >= 4 is 39.3 Å². The van der Waals surface area contributed by atoms with Gasteiger partial charge in [-0.15, -0.1) is 0 Å². The molecule has 1 amide bonds. The third-order valence-corrected chi connectivity index (χ3v) is 5.04. The number of hydrogen-bond donors (Lipinski definition) is 4. The van der Waals surface area contributed by atoms with Crippen molar-refractivity contribution in [3.63, 3.8) is 0 Å². The predicted octanol–water partition coefficient (Wildman–Crippen LogP) is 4.20. The van der Waals surface area contributed by atoms with E-state index in [9.17, 15) is 4.79 Å². The Morgan fingerprint density at radius 2 is 2.10 bits per heavy atom. The fraction of sp³-hybridized carbons (Fsp3) is 0.318. The van der Waals surface area contributed by atoms with Crippen molar-refractivity contribution < 1.29 is 9.53 Å². The molecule has 8 heteroatoms. The molecule has 1 atom stereocenters. The Balaban J connectivity index is 2.14. The van der Waals surface area contributed by atoms with Crippen LogP contribution in [0.3, 0.4) is 0 Å². The molecule has 0 saturated carbocycles. The Morgan fingerprint density at radius 3 is 2.73 bits per heavy atom. The van der Waals surface area contributed by atoms with Crippen molar-refractivity contribution in [1.29, 1.82) is 0 Å². The molecule has 0 radical (unpaired) electrons. The van der Waals surface area contributed by atoms with E-state index in [0.29, 0.717) is 40.5 Å². The SMILES string of the molecule is C=C(/C=C(\N)Nc1nc(C)nc2[nH]c3cc(NC(C)=O)c(OC)cc3c12)C(C)CC. The van der Waals surface area contributed by atoms with E-state index in [1.165, 1.54) is 6.92 Å². The minimum atomic E-state index is -0.179. The molecule has 2 aromatic heterocycles. The summed E-state index contributed by atoms with van der Waals surface area (Å²) in [6.07, 6.45) is 2.82. The summed E-state index contributed by atoms with van der Waals surface area (Å²) >= 11 is 0. The molecule has 3 aromatic rings. The molecule has 30 heavy (non-hydrogen) atoms. The van der Waals surface area contributed by atoms with Gasteiger partial charge in [-0.2, -0.15) is 0 Å². The van der Waals surface area contributed by atoms with Crippen LogP contribution in [0.15, 0.2) is 36.2 Å². The highest BCUT2D eigenvalue weighted by atomic mass is 16.5. The molecule has 1 unspecified atom stereocenters. The van der Waals surface area contributed by atoms with Crippen molar-refractivity contribution in [3.05, 3.63) is 42.0 Å². The summed E-state index contributed by atoms with van der Waals surface area (Å²) < 4.78 is 5.47. The van der Waals surface area contributed by atoms with Crippen LogP contribution in [0.4, 0.5) is 11.5 Å². The number of nitrogens with two attached hydrogens (primary N) is 1. The molecule has 0 saturated heterocycles. The standard InChI is InChI=1S/C22H28N6O2/c1-7-11(2)12(3)8-19(23)28-22-20-15-9-18(30-6)17(26-14(5)29)10-16(15)27-21(20)24-13(4)25-22/h8-11H,3,7,23H2,1-2,4-6H3,(H,26,29)(H2,24,25,27,28)/b19-8+. The van der Waals surface area contributed by atoms with E-state index in [1.807, 2.05) is 25.1 Å². The molecule has 158 valence electrons. The summed E-state index contributed by atoms with van der Waals surface area (Å²) in [5, 5.41) is 7.62. The molecule has 0 aliphatic rings. The number of rotatable bonds is 7. The van der Waals surface area contributed by atoms with Gasteiger partial charge in [0.15, 0.2) is 0 Å². The molecule has 2 heterocycles. The lowest BCUT2D eigenvalue weighted by Gasteiger charge is -2.12. The topological polar surface area (TPSA) is 118 Å². The Morgan fingerprint density at radius 1 is 1.37 bits per heavy atom. The van der Waals surface area contributed by atoms with E-state index in [2.05, 4.69) is 46.0 Å². The number of H-pyrrole nitrogens is 1. The Bertz CT molecular complexity index is 1160. The normalized spacial score (nSPS) is 12.8. The van der Waals surface area contributed by atoms with Gasteiger partial charge >= 0.3 is 0 Å². The summed E-state index contributed by atoms with van der Waals surface area (Å²) in [6, 6.07) is 3.67. The summed E-state index contributed by atoms with van der Waals surface area (Å²) in [7, 11) is 1.56. The van der Waals surface area contributed by atoms with Gasteiger partial charge in [0, 0.05) is 12.3 Å². The third kappa shape index (κ3) is 4.22. The Labute approximate surface area is 175 Å². The quantitative estimate of drug-likeness (QED) is 0.435. The van der Waals surface area contributed by atoms with E-state index >= 15 is 0 Å². The van der Waals surface area contributed by atoms with Gasteiger partial charge in [-0.3, -0.25) is 4.79 Å². The average molecular weight is 409 g/mol. The lowest BCUT2D eigenvalue weighted by molar-refractivity contribution is -0.114. The molecule has 8 nitrogen and oxygen atoms in total. The van der Waals surface area contributed by atoms with Gasteiger partial charge < -0.3 is 26.1 Å². The monoisotopic (exact) mass is 408 g/mol. The lowest BCUT2D eigenvalue weighted by atomic mass is 10.00. The maximum atomic E-state index is 11.5. The number of ether oxygens (including phenoxy) is 1. The molecule has 0 fully saturated rings. The van der Waals surface area contributed by atoms with Crippen LogP contribution in [-0.4, -0.2) is 28.0 Å². The first-order valence-corrected chi connectivity index (χ1v) is 9.82. The minimum absolute atomic E-state index is 0.179. The smallest absolute Gasteiger partial charge is 0.221 e. The summed E-state index contributed by atoms with van der Waals surface area (Å²) in [5.74, 6) is 2.33.